The van der Waals surface area contributed by atoms with Crippen LogP contribution in [0.3, 0.4) is 0 Å². The smallest absolute Gasteiger partial charge is 0.336 e. The first-order valence-electron chi connectivity index (χ1n) is 5.41. The van der Waals surface area contributed by atoms with Gasteiger partial charge in [-0.3, -0.25) is 0 Å². The molecule has 4 nitrogen and oxygen atoms in total. The molecule has 0 radical (unpaired) electrons. The minimum Gasteiger partial charge on any atom is -0.478 e. The summed E-state index contributed by atoms with van der Waals surface area (Å²) < 4.78 is 0. The number of hydrogen-bond acceptors (Lipinski definition) is 2. The van der Waals surface area contributed by atoms with Gasteiger partial charge in [0.15, 0.2) is 0 Å². The number of aryl methyl sites for hydroxylation is 2. The average Bonchev–Trinajstić information content (AvgIpc) is 2.27. The Morgan fingerprint density at radius 3 is 1.39 bits per heavy atom. The van der Waals surface area contributed by atoms with E-state index in [4.69, 9.17) is 0 Å². The molecule has 2 N–H and O–H groups in total. The zero-order valence-electron chi connectivity index (χ0n) is 10.0. The topological polar surface area (TPSA) is 74.6 Å². The van der Waals surface area contributed by atoms with Gasteiger partial charge in [-0.05, 0) is 47.9 Å². The molecular formula is C14H12O4. The van der Waals surface area contributed by atoms with Crippen LogP contribution in [0.5, 0.6) is 0 Å². The lowest BCUT2D eigenvalue weighted by atomic mass is 9.95. The molecular weight excluding hydrogens is 232 g/mol. The quantitative estimate of drug-likeness (QED) is 0.851. The van der Waals surface area contributed by atoms with E-state index in [1.807, 2.05) is 0 Å². The fraction of sp³-hybridized carbons (Fsp3) is 0.143. The Labute approximate surface area is 103 Å². The predicted molar refractivity (Wildman–Crippen MR) is 67.3 cm³/mol. The number of benzene rings is 2. The molecule has 0 spiro atoms. The van der Waals surface area contributed by atoms with E-state index < -0.39 is 11.9 Å². The Morgan fingerprint density at radius 1 is 0.778 bits per heavy atom. The molecule has 2 aromatic rings. The van der Waals surface area contributed by atoms with Crippen molar-refractivity contribution in [2.45, 2.75) is 13.8 Å². The Hall–Kier alpha value is -2.36. The van der Waals surface area contributed by atoms with Crippen LogP contribution in [0, 0.1) is 13.8 Å². The van der Waals surface area contributed by atoms with E-state index in [2.05, 4.69) is 0 Å². The van der Waals surface area contributed by atoms with E-state index in [9.17, 15) is 19.8 Å². The second-order valence-electron chi connectivity index (χ2n) is 4.33. The van der Waals surface area contributed by atoms with Crippen LogP contribution in [-0.2, 0) is 0 Å². The fourth-order valence-corrected chi connectivity index (χ4v) is 2.10. The summed E-state index contributed by atoms with van der Waals surface area (Å²) in [7, 11) is 0. The summed E-state index contributed by atoms with van der Waals surface area (Å²) >= 11 is 0. The summed E-state index contributed by atoms with van der Waals surface area (Å²) in [6, 6.07) is 6.50. The van der Waals surface area contributed by atoms with Crippen molar-refractivity contribution in [2.75, 3.05) is 0 Å². The van der Waals surface area contributed by atoms with E-state index in [0.29, 0.717) is 10.8 Å². The molecule has 0 aromatic heterocycles. The van der Waals surface area contributed by atoms with E-state index in [0.717, 1.165) is 11.1 Å². The minimum atomic E-state index is -1.05. The lowest BCUT2D eigenvalue weighted by molar-refractivity contribution is 0.0686. The van der Waals surface area contributed by atoms with Gasteiger partial charge in [0, 0.05) is 0 Å². The Morgan fingerprint density at radius 2 is 1.11 bits per heavy atom. The van der Waals surface area contributed by atoms with Crippen LogP contribution in [0.2, 0.25) is 0 Å². The number of fused-ring (bicyclic) bond motifs is 1. The monoisotopic (exact) mass is 244 g/mol. The second-order valence-corrected chi connectivity index (χ2v) is 4.33. The Balaban J connectivity index is 2.98. The SMILES string of the molecule is Cc1cc(C(=O)O)c2cc(C)cc(C(=O)O)c2c1. The van der Waals surface area contributed by atoms with E-state index >= 15 is 0 Å². The zero-order chi connectivity index (χ0) is 13.4. The summed E-state index contributed by atoms with van der Waals surface area (Å²) in [5.41, 5.74) is 1.73. The average molecular weight is 244 g/mol. The van der Waals surface area contributed by atoms with Gasteiger partial charge in [0.25, 0.3) is 0 Å². The van der Waals surface area contributed by atoms with Gasteiger partial charge >= 0.3 is 11.9 Å². The van der Waals surface area contributed by atoms with Gasteiger partial charge < -0.3 is 10.2 Å². The van der Waals surface area contributed by atoms with Crippen molar-refractivity contribution in [1.29, 1.82) is 0 Å². The summed E-state index contributed by atoms with van der Waals surface area (Å²) in [6.07, 6.45) is 0. The van der Waals surface area contributed by atoms with Gasteiger partial charge in [-0.1, -0.05) is 12.1 Å². The first-order chi connectivity index (χ1) is 8.40. The maximum atomic E-state index is 11.2. The van der Waals surface area contributed by atoms with E-state index in [1.165, 1.54) is 0 Å². The molecule has 2 rings (SSSR count). The maximum Gasteiger partial charge on any atom is 0.336 e. The van der Waals surface area contributed by atoms with Crippen molar-refractivity contribution in [3.05, 3.63) is 46.5 Å². The van der Waals surface area contributed by atoms with Gasteiger partial charge in [0.2, 0.25) is 0 Å². The standard InChI is InChI=1S/C14H12O4/c1-7-3-9-10(11(5-7)13(15)16)4-8(2)6-12(9)14(17)18/h3-6H,1-2H3,(H,15,16)(H,17,18). The van der Waals surface area contributed by atoms with Crippen molar-refractivity contribution in [2.24, 2.45) is 0 Å². The zero-order valence-corrected chi connectivity index (χ0v) is 10.0. The van der Waals surface area contributed by atoms with E-state index in [-0.39, 0.29) is 11.1 Å². The number of aromatic carboxylic acids is 2. The molecule has 0 saturated carbocycles. The molecule has 0 atom stereocenters. The number of rotatable bonds is 2. The van der Waals surface area contributed by atoms with Gasteiger partial charge in [0.05, 0.1) is 11.1 Å². The first kappa shape index (κ1) is 12.1. The Bertz CT molecular complexity index is 612. The summed E-state index contributed by atoms with van der Waals surface area (Å²) in [5, 5.41) is 19.3. The van der Waals surface area contributed by atoms with Crippen LogP contribution >= 0.6 is 0 Å². The fourth-order valence-electron chi connectivity index (χ4n) is 2.10. The van der Waals surface area contributed by atoms with Crippen molar-refractivity contribution >= 4 is 22.7 Å². The third-order valence-electron chi connectivity index (χ3n) is 2.82. The van der Waals surface area contributed by atoms with Crippen LogP contribution in [-0.4, -0.2) is 22.2 Å². The van der Waals surface area contributed by atoms with Gasteiger partial charge in [-0.15, -0.1) is 0 Å². The predicted octanol–water partition coefficient (Wildman–Crippen LogP) is 2.85. The molecule has 0 saturated heterocycles. The molecule has 18 heavy (non-hydrogen) atoms. The van der Waals surface area contributed by atoms with Crippen LogP contribution in [0.25, 0.3) is 10.8 Å². The molecule has 2 aromatic carbocycles. The Kier molecular flexibility index (Phi) is 2.79. The highest BCUT2D eigenvalue weighted by atomic mass is 16.4. The second kappa shape index (κ2) is 4.14. The molecule has 0 amide bonds. The largest absolute Gasteiger partial charge is 0.478 e. The van der Waals surface area contributed by atoms with Crippen molar-refractivity contribution in [3.63, 3.8) is 0 Å². The van der Waals surface area contributed by atoms with Crippen molar-refractivity contribution < 1.29 is 19.8 Å². The number of hydrogen-bond donors (Lipinski definition) is 2. The lowest BCUT2D eigenvalue weighted by Crippen LogP contribution is -2.03. The minimum absolute atomic E-state index is 0.135. The normalized spacial score (nSPS) is 10.6. The summed E-state index contributed by atoms with van der Waals surface area (Å²) in [6.45, 7) is 3.49. The number of carboxylic acids is 2. The molecule has 0 heterocycles. The summed E-state index contributed by atoms with van der Waals surface area (Å²) in [4.78, 5) is 22.4. The van der Waals surface area contributed by atoms with Crippen LogP contribution in [0.15, 0.2) is 24.3 Å². The molecule has 0 unspecified atom stereocenters. The van der Waals surface area contributed by atoms with Crippen LogP contribution in [0.1, 0.15) is 31.8 Å². The van der Waals surface area contributed by atoms with Crippen LogP contribution in [0.4, 0.5) is 0 Å². The first-order valence-corrected chi connectivity index (χ1v) is 5.41. The van der Waals surface area contributed by atoms with E-state index in [1.54, 1.807) is 38.1 Å². The number of carbonyl (C=O) groups is 2. The molecule has 0 fully saturated rings. The maximum absolute atomic E-state index is 11.2. The van der Waals surface area contributed by atoms with Crippen molar-refractivity contribution in [1.82, 2.24) is 0 Å². The highest BCUT2D eigenvalue weighted by Crippen LogP contribution is 2.26. The highest BCUT2D eigenvalue weighted by Gasteiger charge is 2.15. The van der Waals surface area contributed by atoms with Crippen LogP contribution < -0.4 is 0 Å². The molecule has 4 heteroatoms. The van der Waals surface area contributed by atoms with Gasteiger partial charge in [-0.2, -0.15) is 0 Å². The van der Waals surface area contributed by atoms with Gasteiger partial charge in [0.1, 0.15) is 0 Å². The molecule has 0 bridgehead atoms. The molecule has 0 aliphatic carbocycles. The molecule has 0 aliphatic rings. The highest BCUT2D eigenvalue weighted by molar-refractivity contribution is 6.11. The molecule has 92 valence electrons. The van der Waals surface area contributed by atoms with Gasteiger partial charge in [-0.25, -0.2) is 9.59 Å². The number of carboxylic acid groups (broad SMARTS) is 2. The third-order valence-corrected chi connectivity index (χ3v) is 2.82. The summed E-state index contributed by atoms with van der Waals surface area (Å²) in [5.74, 6) is -2.10. The lowest BCUT2D eigenvalue weighted by Gasteiger charge is -2.09. The third kappa shape index (κ3) is 1.93. The molecule has 0 aliphatic heterocycles. The van der Waals surface area contributed by atoms with Crippen molar-refractivity contribution in [3.8, 4) is 0 Å².